The number of anilines is 1. The first-order chi connectivity index (χ1) is 12.7. The van der Waals surface area contributed by atoms with E-state index in [4.69, 9.17) is 4.74 Å². The van der Waals surface area contributed by atoms with Gasteiger partial charge in [0.15, 0.2) is 0 Å². The van der Waals surface area contributed by atoms with Crippen LogP contribution >= 0.6 is 11.3 Å². The Balaban J connectivity index is 1.80. The lowest BCUT2D eigenvalue weighted by Gasteiger charge is -2.19. The fraction of sp³-hybridized carbons (Fsp3) is 0.190. The number of benzene rings is 2. The molecule has 0 aliphatic heterocycles. The van der Waals surface area contributed by atoms with Gasteiger partial charge in [0.2, 0.25) is 0 Å². The van der Waals surface area contributed by atoms with Crippen molar-refractivity contribution in [2.24, 2.45) is 0 Å². The van der Waals surface area contributed by atoms with Gasteiger partial charge in [-0.3, -0.25) is 0 Å². The lowest BCUT2D eigenvalue weighted by atomic mass is 10.0. The first-order valence-electron chi connectivity index (χ1n) is 8.54. The molecule has 0 fully saturated rings. The Morgan fingerprint density at radius 1 is 1.08 bits per heavy atom. The lowest BCUT2D eigenvalue weighted by molar-refractivity contribution is 0.250. The number of amides is 2. The van der Waals surface area contributed by atoms with Gasteiger partial charge in [-0.2, -0.15) is 0 Å². The summed E-state index contributed by atoms with van der Waals surface area (Å²) < 4.78 is 5.29. The molecule has 5 heteroatoms. The van der Waals surface area contributed by atoms with Crippen molar-refractivity contribution in [3.05, 3.63) is 82.0 Å². The van der Waals surface area contributed by atoms with Gasteiger partial charge in [0, 0.05) is 4.88 Å². The monoisotopic (exact) mass is 366 g/mol. The SMILES string of the molecule is CCc1ccc(C(NC(=O)Nc2ccccc2OC)c2cccs2)cc1. The molecule has 0 saturated carbocycles. The molecule has 1 heterocycles. The van der Waals surface area contributed by atoms with Crippen molar-refractivity contribution in [2.45, 2.75) is 19.4 Å². The number of methoxy groups -OCH3 is 1. The van der Waals surface area contributed by atoms with Crippen LogP contribution in [-0.4, -0.2) is 13.1 Å². The van der Waals surface area contributed by atoms with E-state index < -0.39 is 0 Å². The predicted molar refractivity (Wildman–Crippen MR) is 107 cm³/mol. The molecule has 1 atom stereocenters. The van der Waals surface area contributed by atoms with E-state index in [1.54, 1.807) is 18.4 Å². The zero-order chi connectivity index (χ0) is 18.4. The minimum absolute atomic E-state index is 0.199. The minimum Gasteiger partial charge on any atom is -0.495 e. The van der Waals surface area contributed by atoms with Crippen molar-refractivity contribution < 1.29 is 9.53 Å². The van der Waals surface area contributed by atoms with Crippen LogP contribution in [0.5, 0.6) is 5.75 Å². The topological polar surface area (TPSA) is 50.4 Å². The molecule has 2 aromatic carbocycles. The molecule has 0 saturated heterocycles. The standard InChI is InChI=1S/C21H22N2O2S/c1-3-15-10-12-16(13-11-15)20(19-9-6-14-26-19)23-21(24)22-17-7-4-5-8-18(17)25-2/h4-14,20H,3H2,1-2H3,(H2,22,23,24). The van der Waals surface area contributed by atoms with Crippen molar-refractivity contribution in [1.82, 2.24) is 5.32 Å². The van der Waals surface area contributed by atoms with Crippen LogP contribution < -0.4 is 15.4 Å². The first-order valence-corrected chi connectivity index (χ1v) is 9.42. The average molecular weight is 366 g/mol. The van der Waals surface area contributed by atoms with Crippen molar-refractivity contribution in [3.8, 4) is 5.75 Å². The van der Waals surface area contributed by atoms with Crippen LogP contribution in [0.15, 0.2) is 66.0 Å². The zero-order valence-corrected chi connectivity index (χ0v) is 15.7. The second-order valence-corrected chi connectivity index (χ2v) is 6.82. The molecular weight excluding hydrogens is 344 g/mol. The van der Waals surface area contributed by atoms with E-state index in [0.717, 1.165) is 16.9 Å². The molecule has 0 spiro atoms. The largest absolute Gasteiger partial charge is 0.495 e. The average Bonchev–Trinajstić information content (AvgIpc) is 3.21. The van der Waals surface area contributed by atoms with E-state index >= 15 is 0 Å². The highest BCUT2D eigenvalue weighted by Crippen LogP contribution is 2.27. The second kappa shape index (κ2) is 8.54. The fourth-order valence-electron chi connectivity index (χ4n) is 2.76. The Morgan fingerprint density at radius 3 is 2.50 bits per heavy atom. The van der Waals surface area contributed by atoms with Crippen molar-refractivity contribution >= 4 is 23.1 Å². The van der Waals surface area contributed by atoms with E-state index in [1.807, 2.05) is 41.8 Å². The predicted octanol–water partition coefficient (Wildman–Crippen LogP) is 5.23. The Morgan fingerprint density at radius 2 is 1.85 bits per heavy atom. The van der Waals surface area contributed by atoms with E-state index in [2.05, 4.69) is 41.8 Å². The van der Waals surface area contributed by atoms with Gasteiger partial charge < -0.3 is 15.4 Å². The third-order valence-corrected chi connectivity index (χ3v) is 5.12. The molecule has 3 rings (SSSR count). The van der Waals surface area contributed by atoms with Crippen LogP contribution in [0.25, 0.3) is 0 Å². The molecule has 0 aliphatic rings. The van der Waals surface area contributed by atoms with Gasteiger partial charge in [0.05, 0.1) is 18.8 Å². The molecule has 134 valence electrons. The van der Waals surface area contributed by atoms with E-state index in [-0.39, 0.29) is 12.1 Å². The number of ether oxygens (including phenoxy) is 1. The van der Waals surface area contributed by atoms with Crippen molar-refractivity contribution in [3.63, 3.8) is 0 Å². The zero-order valence-electron chi connectivity index (χ0n) is 14.9. The molecule has 2 amide bonds. The highest BCUT2D eigenvalue weighted by Gasteiger charge is 2.18. The summed E-state index contributed by atoms with van der Waals surface area (Å²) in [7, 11) is 1.59. The van der Waals surface area contributed by atoms with Gasteiger partial charge in [-0.15, -0.1) is 11.3 Å². The molecule has 1 unspecified atom stereocenters. The van der Waals surface area contributed by atoms with E-state index in [1.165, 1.54) is 5.56 Å². The van der Waals surface area contributed by atoms with E-state index in [9.17, 15) is 4.79 Å². The highest BCUT2D eigenvalue weighted by molar-refractivity contribution is 7.10. The molecule has 0 radical (unpaired) electrons. The van der Waals surface area contributed by atoms with Crippen LogP contribution in [0.2, 0.25) is 0 Å². The van der Waals surface area contributed by atoms with E-state index in [0.29, 0.717) is 11.4 Å². The Labute approximate surface area is 157 Å². The molecule has 2 N–H and O–H groups in total. The molecule has 0 bridgehead atoms. The number of para-hydroxylation sites is 2. The third kappa shape index (κ3) is 4.24. The van der Waals surface area contributed by atoms with Gasteiger partial charge in [-0.1, -0.05) is 49.4 Å². The summed E-state index contributed by atoms with van der Waals surface area (Å²) >= 11 is 1.62. The van der Waals surface area contributed by atoms with Gasteiger partial charge in [-0.25, -0.2) is 4.79 Å². The molecule has 26 heavy (non-hydrogen) atoms. The number of carbonyl (C=O) groups excluding carboxylic acids is 1. The van der Waals surface area contributed by atoms with Crippen LogP contribution in [0.3, 0.4) is 0 Å². The highest BCUT2D eigenvalue weighted by atomic mass is 32.1. The van der Waals surface area contributed by atoms with Crippen LogP contribution in [-0.2, 0) is 6.42 Å². The number of rotatable bonds is 6. The van der Waals surface area contributed by atoms with Gasteiger partial charge in [0.1, 0.15) is 5.75 Å². The van der Waals surface area contributed by atoms with Crippen molar-refractivity contribution in [2.75, 3.05) is 12.4 Å². The smallest absolute Gasteiger partial charge is 0.320 e. The van der Waals surface area contributed by atoms with Gasteiger partial charge in [-0.05, 0) is 41.1 Å². The number of thiophene rings is 1. The maximum Gasteiger partial charge on any atom is 0.320 e. The molecule has 4 nitrogen and oxygen atoms in total. The number of aryl methyl sites for hydroxylation is 1. The number of urea groups is 1. The molecule has 0 aliphatic carbocycles. The molecular formula is C21H22N2O2S. The summed E-state index contributed by atoms with van der Waals surface area (Å²) in [6, 6.07) is 19.3. The second-order valence-electron chi connectivity index (χ2n) is 5.84. The van der Waals surface area contributed by atoms with Gasteiger partial charge in [0.25, 0.3) is 0 Å². The lowest BCUT2D eigenvalue weighted by Crippen LogP contribution is -2.33. The number of nitrogens with one attached hydrogen (secondary N) is 2. The maximum absolute atomic E-state index is 12.6. The minimum atomic E-state index is -0.271. The maximum atomic E-state index is 12.6. The number of hydrogen-bond donors (Lipinski definition) is 2. The summed E-state index contributed by atoms with van der Waals surface area (Å²) in [5, 5.41) is 7.97. The number of hydrogen-bond acceptors (Lipinski definition) is 3. The van der Waals surface area contributed by atoms with Crippen molar-refractivity contribution in [1.29, 1.82) is 0 Å². The quantitative estimate of drug-likeness (QED) is 0.627. The Bertz CT molecular complexity index is 845. The fourth-order valence-corrected chi connectivity index (χ4v) is 3.56. The summed E-state index contributed by atoms with van der Waals surface area (Å²) in [4.78, 5) is 13.7. The molecule has 3 aromatic rings. The van der Waals surface area contributed by atoms with Crippen LogP contribution in [0.4, 0.5) is 10.5 Å². The first kappa shape index (κ1) is 18.0. The Hall–Kier alpha value is -2.79. The Kier molecular flexibility index (Phi) is 5.92. The third-order valence-electron chi connectivity index (χ3n) is 4.18. The van der Waals surface area contributed by atoms with Crippen LogP contribution in [0.1, 0.15) is 29.0 Å². The summed E-state index contributed by atoms with van der Waals surface area (Å²) in [6.45, 7) is 2.13. The summed E-state index contributed by atoms with van der Waals surface area (Å²) in [6.07, 6.45) is 0.992. The summed E-state index contributed by atoms with van der Waals surface area (Å²) in [5.41, 5.74) is 2.97. The molecule has 1 aromatic heterocycles. The summed E-state index contributed by atoms with van der Waals surface area (Å²) in [5.74, 6) is 0.627. The normalized spacial score (nSPS) is 11.6. The van der Waals surface area contributed by atoms with Crippen LogP contribution in [0, 0.1) is 0 Å². The van der Waals surface area contributed by atoms with Gasteiger partial charge >= 0.3 is 6.03 Å². The number of carbonyl (C=O) groups is 1.